The van der Waals surface area contributed by atoms with Crippen LogP contribution < -0.4 is 4.74 Å². The second-order valence-corrected chi connectivity index (χ2v) is 5.48. The Balaban J connectivity index is 1.95. The van der Waals surface area contributed by atoms with Gasteiger partial charge in [0.2, 0.25) is 0 Å². The lowest BCUT2D eigenvalue weighted by Crippen LogP contribution is -2.04. The first-order valence-electron chi connectivity index (χ1n) is 6.65. The molecule has 2 aromatic carbocycles. The Morgan fingerprint density at radius 2 is 1.80 bits per heavy atom. The Hall–Kier alpha value is -1.74. The quantitative estimate of drug-likeness (QED) is 0.582. The molecule has 0 radical (unpaired) electrons. The van der Waals surface area contributed by atoms with Crippen LogP contribution in [0.5, 0.6) is 5.75 Å². The van der Waals surface area contributed by atoms with Crippen molar-refractivity contribution in [1.29, 1.82) is 0 Å². The first-order valence-corrected chi connectivity index (χ1v) is 7.63. The highest BCUT2D eigenvalue weighted by Crippen LogP contribution is 2.23. The smallest absolute Gasteiger partial charge is 0.173 e. The number of ether oxygens (including phenoxy) is 1. The molecule has 0 aliphatic rings. The molecule has 0 aliphatic heterocycles. The molecule has 0 aliphatic carbocycles. The summed E-state index contributed by atoms with van der Waals surface area (Å²) >= 11 is 1.55. The molecule has 0 N–H and O–H groups in total. The van der Waals surface area contributed by atoms with Crippen LogP contribution in [0.25, 0.3) is 0 Å². The van der Waals surface area contributed by atoms with E-state index in [9.17, 15) is 4.79 Å². The molecule has 0 spiro atoms. The number of hydrogen-bond acceptors (Lipinski definition) is 3. The second-order valence-electron chi connectivity index (χ2n) is 4.43. The van der Waals surface area contributed by atoms with Gasteiger partial charge in [0.25, 0.3) is 0 Å². The summed E-state index contributed by atoms with van der Waals surface area (Å²) in [5.74, 6) is 1.49. The molecule has 0 heterocycles. The van der Waals surface area contributed by atoms with Crippen LogP contribution >= 0.6 is 11.8 Å². The summed E-state index contributed by atoms with van der Waals surface area (Å²) in [5.41, 5.74) is 1.84. The highest BCUT2D eigenvalue weighted by molar-refractivity contribution is 8.00. The number of hydrogen-bond donors (Lipinski definition) is 0. The van der Waals surface area contributed by atoms with Crippen molar-refractivity contribution in [2.75, 3.05) is 12.4 Å². The van der Waals surface area contributed by atoms with Crippen molar-refractivity contribution in [3.63, 3.8) is 0 Å². The average molecular weight is 286 g/mol. The summed E-state index contributed by atoms with van der Waals surface area (Å²) in [5, 5.41) is 0. The molecule has 0 atom stereocenters. The Morgan fingerprint density at radius 1 is 1.10 bits per heavy atom. The van der Waals surface area contributed by atoms with E-state index in [-0.39, 0.29) is 5.78 Å². The summed E-state index contributed by atoms with van der Waals surface area (Å²) in [6.07, 6.45) is 0. The van der Waals surface area contributed by atoms with Crippen LogP contribution in [-0.4, -0.2) is 18.1 Å². The van der Waals surface area contributed by atoms with Crippen molar-refractivity contribution >= 4 is 17.5 Å². The van der Waals surface area contributed by atoms with E-state index < -0.39 is 0 Å². The van der Waals surface area contributed by atoms with Crippen molar-refractivity contribution < 1.29 is 9.53 Å². The fraction of sp³-hybridized carbons (Fsp3) is 0.235. The second kappa shape index (κ2) is 7.15. The van der Waals surface area contributed by atoms with Crippen LogP contribution in [0.3, 0.4) is 0 Å². The Morgan fingerprint density at radius 3 is 2.45 bits per heavy atom. The maximum atomic E-state index is 12.2. The number of ketones is 1. The minimum atomic E-state index is 0.169. The van der Waals surface area contributed by atoms with Gasteiger partial charge >= 0.3 is 0 Å². The number of carbonyl (C=O) groups excluding carboxylic acids is 1. The lowest BCUT2D eigenvalue weighted by atomic mass is 10.1. The molecule has 0 fully saturated rings. The highest BCUT2D eigenvalue weighted by atomic mass is 32.2. The fourth-order valence-electron chi connectivity index (χ4n) is 1.91. The van der Waals surface area contributed by atoms with E-state index in [1.165, 1.54) is 0 Å². The summed E-state index contributed by atoms with van der Waals surface area (Å²) in [6, 6.07) is 15.6. The Kier molecular flexibility index (Phi) is 5.24. The molecule has 0 bridgehead atoms. The lowest BCUT2D eigenvalue weighted by molar-refractivity contribution is 0.102. The summed E-state index contributed by atoms with van der Waals surface area (Å²) in [7, 11) is 0. The van der Waals surface area contributed by atoms with Gasteiger partial charge in [-0.25, -0.2) is 0 Å². The Labute approximate surface area is 124 Å². The zero-order valence-electron chi connectivity index (χ0n) is 11.8. The molecule has 2 rings (SSSR count). The number of thioether (sulfide) groups is 1. The van der Waals surface area contributed by atoms with Gasteiger partial charge in [0.15, 0.2) is 5.78 Å². The molecule has 0 amide bonds. The standard InChI is InChI=1S/C17H18O2S/c1-3-19-14-8-10-15(11-9-14)20-12-17(18)16-7-5-4-6-13(16)2/h4-11H,3,12H2,1-2H3. The number of Topliss-reactive ketones (excluding diaryl/α,β-unsaturated/α-hetero) is 1. The first-order chi connectivity index (χ1) is 9.70. The molecule has 2 aromatic rings. The van der Waals surface area contributed by atoms with E-state index in [0.717, 1.165) is 21.8 Å². The molecule has 0 unspecified atom stereocenters. The van der Waals surface area contributed by atoms with Crippen molar-refractivity contribution in [2.24, 2.45) is 0 Å². The van der Waals surface area contributed by atoms with Gasteiger partial charge < -0.3 is 4.74 Å². The lowest BCUT2D eigenvalue weighted by Gasteiger charge is -2.06. The number of rotatable bonds is 6. The van der Waals surface area contributed by atoms with E-state index in [1.807, 2.05) is 62.4 Å². The maximum Gasteiger partial charge on any atom is 0.173 e. The van der Waals surface area contributed by atoms with Crippen molar-refractivity contribution in [3.8, 4) is 5.75 Å². The van der Waals surface area contributed by atoms with Crippen LogP contribution in [0.4, 0.5) is 0 Å². The molecular weight excluding hydrogens is 268 g/mol. The minimum Gasteiger partial charge on any atom is -0.494 e. The van der Waals surface area contributed by atoms with E-state index in [2.05, 4.69) is 0 Å². The van der Waals surface area contributed by atoms with Crippen molar-refractivity contribution in [3.05, 3.63) is 59.7 Å². The van der Waals surface area contributed by atoms with Crippen LogP contribution in [0.1, 0.15) is 22.8 Å². The number of carbonyl (C=O) groups is 1. The van der Waals surface area contributed by atoms with Gasteiger partial charge in [-0.3, -0.25) is 4.79 Å². The third kappa shape index (κ3) is 3.87. The van der Waals surface area contributed by atoms with Gasteiger partial charge in [-0.1, -0.05) is 24.3 Å². The Bertz CT molecular complexity index is 576. The van der Waals surface area contributed by atoms with Crippen molar-refractivity contribution in [1.82, 2.24) is 0 Å². The van der Waals surface area contributed by atoms with Gasteiger partial charge in [0.05, 0.1) is 12.4 Å². The molecule has 104 valence electrons. The van der Waals surface area contributed by atoms with E-state index in [1.54, 1.807) is 11.8 Å². The zero-order chi connectivity index (χ0) is 14.4. The monoisotopic (exact) mass is 286 g/mol. The summed E-state index contributed by atoms with van der Waals surface area (Å²) in [6.45, 7) is 4.59. The normalized spacial score (nSPS) is 10.3. The SMILES string of the molecule is CCOc1ccc(SCC(=O)c2ccccc2C)cc1. The molecule has 0 saturated heterocycles. The third-order valence-corrected chi connectivity index (χ3v) is 3.96. The highest BCUT2D eigenvalue weighted by Gasteiger charge is 2.08. The molecule has 0 aromatic heterocycles. The predicted octanol–water partition coefficient (Wildman–Crippen LogP) is 4.37. The predicted molar refractivity (Wildman–Crippen MR) is 83.8 cm³/mol. The minimum absolute atomic E-state index is 0.169. The van der Waals surface area contributed by atoms with E-state index in [0.29, 0.717) is 12.4 Å². The zero-order valence-corrected chi connectivity index (χ0v) is 12.6. The van der Waals surface area contributed by atoms with Gasteiger partial charge in [0.1, 0.15) is 5.75 Å². The molecule has 0 saturated carbocycles. The first kappa shape index (κ1) is 14.7. The number of benzene rings is 2. The fourth-order valence-corrected chi connectivity index (χ4v) is 2.69. The molecular formula is C17H18O2S. The van der Waals surface area contributed by atoms with Gasteiger partial charge in [0, 0.05) is 10.5 Å². The van der Waals surface area contributed by atoms with Gasteiger partial charge in [-0.15, -0.1) is 11.8 Å². The van der Waals surface area contributed by atoms with Crippen LogP contribution in [0.15, 0.2) is 53.4 Å². The van der Waals surface area contributed by atoms with Crippen molar-refractivity contribution in [2.45, 2.75) is 18.7 Å². The molecule has 3 heteroatoms. The van der Waals surface area contributed by atoms with Crippen LogP contribution in [-0.2, 0) is 0 Å². The van der Waals surface area contributed by atoms with Crippen LogP contribution in [0.2, 0.25) is 0 Å². The van der Waals surface area contributed by atoms with Gasteiger partial charge in [-0.05, 0) is 43.7 Å². The molecule has 2 nitrogen and oxygen atoms in total. The number of aryl methyl sites for hydroxylation is 1. The summed E-state index contributed by atoms with van der Waals surface area (Å²) in [4.78, 5) is 13.2. The largest absolute Gasteiger partial charge is 0.494 e. The maximum absolute atomic E-state index is 12.2. The van der Waals surface area contributed by atoms with Crippen LogP contribution in [0, 0.1) is 6.92 Å². The van der Waals surface area contributed by atoms with E-state index >= 15 is 0 Å². The van der Waals surface area contributed by atoms with E-state index in [4.69, 9.17) is 4.74 Å². The topological polar surface area (TPSA) is 26.3 Å². The third-order valence-electron chi connectivity index (χ3n) is 2.95. The average Bonchev–Trinajstić information content (AvgIpc) is 2.47. The summed E-state index contributed by atoms with van der Waals surface area (Å²) < 4.78 is 5.40. The molecule has 20 heavy (non-hydrogen) atoms. The van der Waals surface area contributed by atoms with Gasteiger partial charge in [-0.2, -0.15) is 0 Å².